The van der Waals surface area contributed by atoms with Crippen molar-refractivity contribution in [2.75, 3.05) is 38.6 Å². The first-order chi connectivity index (χ1) is 8.28. The first-order valence-electron chi connectivity index (χ1n) is 5.89. The fourth-order valence-corrected chi connectivity index (χ4v) is 2.49. The second-order valence-corrected chi connectivity index (χ2v) is 5.57. The summed E-state index contributed by atoms with van der Waals surface area (Å²) >= 11 is 9.15. The number of nitrogens with zero attached hydrogens (tertiary/aromatic N) is 3. The Hall–Kier alpha value is -0.160. The van der Waals surface area contributed by atoms with Gasteiger partial charge in [0.2, 0.25) is 0 Å². The van der Waals surface area contributed by atoms with Gasteiger partial charge < -0.3 is 0 Å². The van der Waals surface area contributed by atoms with Crippen LogP contribution < -0.4 is 0 Å². The summed E-state index contributed by atoms with van der Waals surface area (Å²) in [4.78, 5) is 9.27. The molecule has 1 aromatic rings. The number of aromatic nitrogens is 1. The summed E-state index contributed by atoms with van der Waals surface area (Å²) in [7, 11) is 0. The highest BCUT2D eigenvalue weighted by atomic mass is 79.9. The van der Waals surface area contributed by atoms with Gasteiger partial charge in [0.25, 0.3) is 0 Å². The summed E-state index contributed by atoms with van der Waals surface area (Å²) in [6.07, 6.45) is 1.86. The standard InChI is InChI=1S/C12H17BrClN3/c13-11-1-2-12(15-9-11)10-17-7-5-16(4-3-14)6-8-17/h1-2,9H,3-8,10H2. The summed E-state index contributed by atoms with van der Waals surface area (Å²) in [5.74, 6) is 0.730. The lowest BCUT2D eigenvalue weighted by Gasteiger charge is -2.34. The highest BCUT2D eigenvalue weighted by molar-refractivity contribution is 9.10. The van der Waals surface area contributed by atoms with Crippen molar-refractivity contribution < 1.29 is 0 Å². The number of hydrogen-bond donors (Lipinski definition) is 0. The molecule has 0 bridgehead atoms. The Kier molecular flexibility index (Phi) is 5.22. The lowest BCUT2D eigenvalue weighted by Crippen LogP contribution is -2.46. The average Bonchev–Trinajstić information content (AvgIpc) is 2.35. The zero-order chi connectivity index (χ0) is 12.1. The van der Waals surface area contributed by atoms with Gasteiger partial charge >= 0.3 is 0 Å². The van der Waals surface area contributed by atoms with Crippen molar-refractivity contribution in [3.8, 4) is 0 Å². The summed E-state index contributed by atoms with van der Waals surface area (Å²) in [5, 5.41) is 0. The van der Waals surface area contributed by atoms with Crippen molar-refractivity contribution >= 4 is 27.5 Å². The maximum atomic E-state index is 5.75. The molecule has 0 amide bonds. The van der Waals surface area contributed by atoms with Crippen molar-refractivity contribution in [2.24, 2.45) is 0 Å². The van der Waals surface area contributed by atoms with Crippen molar-refractivity contribution in [1.82, 2.24) is 14.8 Å². The molecule has 2 rings (SSSR count). The van der Waals surface area contributed by atoms with E-state index in [-0.39, 0.29) is 0 Å². The predicted octanol–water partition coefficient (Wildman–Crippen LogP) is 2.20. The van der Waals surface area contributed by atoms with Crippen LogP contribution >= 0.6 is 27.5 Å². The predicted molar refractivity (Wildman–Crippen MR) is 74.4 cm³/mol. The van der Waals surface area contributed by atoms with Crippen LogP contribution in [0.15, 0.2) is 22.8 Å². The first-order valence-corrected chi connectivity index (χ1v) is 7.22. The van der Waals surface area contributed by atoms with Crippen LogP contribution in [0.3, 0.4) is 0 Å². The second kappa shape index (κ2) is 6.69. The maximum absolute atomic E-state index is 5.75. The fourth-order valence-electron chi connectivity index (χ4n) is 2.02. The molecule has 0 unspecified atom stereocenters. The van der Waals surface area contributed by atoms with Crippen molar-refractivity contribution in [3.63, 3.8) is 0 Å². The van der Waals surface area contributed by atoms with Crippen LogP contribution in [-0.4, -0.2) is 53.4 Å². The van der Waals surface area contributed by atoms with Gasteiger partial charge in [0.1, 0.15) is 0 Å². The van der Waals surface area contributed by atoms with Crippen LogP contribution in [-0.2, 0) is 6.54 Å². The molecule has 94 valence electrons. The first kappa shape index (κ1) is 13.3. The smallest absolute Gasteiger partial charge is 0.0544 e. The highest BCUT2D eigenvalue weighted by Gasteiger charge is 2.16. The fraction of sp³-hybridized carbons (Fsp3) is 0.583. The van der Waals surface area contributed by atoms with E-state index in [1.54, 1.807) is 0 Å². The Morgan fingerprint density at radius 1 is 1.18 bits per heavy atom. The minimum Gasteiger partial charge on any atom is -0.300 e. The monoisotopic (exact) mass is 317 g/mol. The van der Waals surface area contributed by atoms with E-state index in [0.717, 1.165) is 55.3 Å². The van der Waals surface area contributed by atoms with Gasteiger partial charge in [-0.05, 0) is 28.1 Å². The molecule has 1 aromatic heterocycles. The molecule has 1 aliphatic rings. The summed E-state index contributed by atoms with van der Waals surface area (Å²) in [6, 6.07) is 4.13. The number of pyridine rings is 1. The van der Waals surface area contributed by atoms with Crippen LogP contribution in [0.1, 0.15) is 5.69 Å². The van der Waals surface area contributed by atoms with Crippen molar-refractivity contribution in [2.45, 2.75) is 6.54 Å². The third kappa shape index (κ3) is 4.21. The molecular formula is C12H17BrClN3. The minimum absolute atomic E-state index is 0.730. The molecule has 2 heterocycles. The van der Waals surface area contributed by atoms with Gasteiger partial charge in [0.15, 0.2) is 0 Å². The molecule has 3 nitrogen and oxygen atoms in total. The molecule has 0 radical (unpaired) electrons. The van der Waals surface area contributed by atoms with Gasteiger partial charge in [-0.1, -0.05) is 0 Å². The quantitative estimate of drug-likeness (QED) is 0.794. The molecule has 0 atom stereocenters. The third-order valence-corrected chi connectivity index (χ3v) is 3.68. The van der Waals surface area contributed by atoms with Gasteiger partial charge in [-0.3, -0.25) is 14.8 Å². The molecule has 0 spiro atoms. The van der Waals surface area contributed by atoms with Gasteiger partial charge in [0, 0.05) is 55.8 Å². The minimum atomic E-state index is 0.730. The summed E-state index contributed by atoms with van der Waals surface area (Å²) in [6.45, 7) is 6.39. The molecule has 5 heteroatoms. The summed E-state index contributed by atoms with van der Waals surface area (Å²) < 4.78 is 1.04. The zero-order valence-corrected chi connectivity index (χ0v) is 12.1. The number of piperazine rings is 1. The van der Waals surface area contributed by atoms with E-state index in [4.69, 9.17) is 11.6 Å². The van der Waals surface area contributed by atoms with E-state index in [1.165, 1.54) is 0 Å². The van der Waals surface area contributed by atoms with Crippen LogP contribution in [0.4, 0.5) is 0 Å². The molecule has 0 N–H and O–H groups in total. The Morgan fingerprint density at radius 3 is 2.47 bits per heavy atom. The van der Waals surface area contributed by atoms with E-state index in [2.05, 4.69) is 36.8 Å². The molecular weight excluding hydrogens is 302 g/mol. The number of alkyl halides is 1. The van der Waals surface area contributed by atoms with Gasteiger partial charge in [0.05, 0.1) is 5.69 Å². The SMILES string of the molecule is ClCCN1CCN(Cc2ccc(Br)cn2)CC1. The highest BCUT2D eigenvalue weighted by Crippen LogP contribution is 2.10. The van der Waals surface area contributed by atoms with E-state index in [1.807, 2.05) is 12.3 Å². The molecule has 1 saturated heterocycles. The van der Waals surface area contributed by atoms with Crippen LogP contribution in [0.2, 0.25) is 0 Å². The molecule has 17 heavy (non-hydrogen) atoms. The van der Waals surface area contributed by atoms with E-state index in [0.29, 0.717) is 0 Å². The van der Waals surface area contributed by atoms with Crippen molar-refractivity contribution in [1.29, 1.82) is 0 Å². The van der Waals surface area contributed by atoms with Gasteiger partial charge in [-0.25, -0.2) is 0 Å². The Labute approximate surface area is 116 Å². The normalized spacial score (nSPS) is 18.5. The molecule has 0 saturated carbocycles. The van der Waals surface area contributed by atoms with Crippen LogP contribution in [0.5, 0.6) is 0 Å². The summed E-state index contributed by atoms with van der Waals surface area (Å²) in [5.41, 5.74) is 1.14. The Morgan fingerprint density at radius 2 is 1.88 bits per heavy atom. The lowest BCUT2D eigenvalue weighted by atomic mass is 10.2. The zero-order valence-electron chi connectivity index (χ0n) is 9.78. The number of rotatable bonds is 4. The van der Waals surface area contributed by atoms with E-state index < -0.39 is 0 Å². The lowest BCUT2D eigenvalue weighted by molar-refractivity contribution is 0.131. The van der Waals surface area contributed by atoms with E-state index >= 15 is 0 Å². The molecule has 0 aliphatic carbocycles. The van der Waals surface area contributed by atoms with Gasteiger partial charge in [-0.2, -0.15) is 0 Å². The Bertz CT molecular complexity index is 336. The average molecular weight is 319 g/mol. The number of halogens is 2. The molecule has 1 fully saturated rings. The van der Waals surface area contributed by atoms with Crippen LogP contribution in [0.25, 0.3) is 0 Å². The van der Waals surface area contributed by atoms with Crippen LogP contribution in [0, 0.1) is 0 Å². The maximum Gasteiger partial charge on any atom is 0.0544 e. The number of hydrogen-bond acceptors (Lipinski definition) is 3. The molecule has 1 aliphatic heterocycles. The molecule has 0 aromatic carbocycles. The topological polar surface area (TPSA) is 19.4 Å². The van der Waals surface area contributed by atoms with E-state index in [9.17, 15) is 0 Å². The Balaban J connectivity index is 1.79. The van der Waals surface area contributed by atoms with Gasteiger partial charge in [-0.15, -0.1) is 11.6 Å². The second-order valence-electron chi connectivity index (χ2n) is 4.27. The largest absolute Gasteiger partial charge is 0.300 e. The third-order valence-electron chi connectivity index (χ3n) is 3.04. The van der Waals surface area contributed by atoms with Crippen molar-refractivity contribution in [3.05, 3.63) is 28.5 Å².